The molecule has 130 valence electrons. The van der Waals surface area contributed by atoms with Crippen molar-refractivity contribution >= 4 is 37.5 Å². The number of sulfonamides is 1. The van der Waals surface area contributed by atoms with E-state index in [9.17, 15) is 13.2 Å². The first-order valence-corrected chi connectivity index (χ1v) is 10.5. The van der Waals surface area contributed by atoms with Crippen LogP contribution in [-0.2, 0) is 21.9 Å². The van der Waals surface area contributed by atoms with E-state index < -0.39 is 16.1 Å². The van der Waals surface area contributed by atoms with Gasteiger partial charge in [-0.05, 0) is 43.9 Å². The molecule has 1 fully saturated rings. The van der Waals surface area contributed by atoms with Crippen molar-refractivity contribution in [2.45, 2.75) is 32.7 Å². The lowest BCUT2D eigenvalue weighted by molar-refractivity contribution is -0.121. The summed E-state index contributed by atoms with van der Waals surface area (Å²) in [5, 5.41) is 0. The van der Waals surface area contributed by atoms with Crippen LogP contribution in [0.3, 0.4) is 0 Å². The number of benzene rings is 1. The van der Waals surface area contributed by atoms with Crippen LogP contribution in [0, 0.1) is 13.8 Å². The number of amides is 1. The van der Waals surface area contributed by atoms with Gasteiger partial charge in [0.25, 0.3) is 5.91 Å². The van der Waals surface area contributed by atoms with Gasteiger partial charge in [0.15, 0.2) is 4.80 Å². The van der Waals surface area contributed by atoms with E-state index in [-0.39, 0.29) is 5.91 Å². The fourth-order valence-electron chi connectivity index (χ4n) is 3.34. The van der Waals surface area contributed by atoms with E-state index in [1.165, 1.54) is 21.2 Å². The molecule has 1 aromatic heterocycles. The number of aryl methyl sites for hydroxylation is 3. The van der Waals surface area contributed by atoms with Crippen molar-refractivity contribution in [3.63, 3.8) is 0 Å². The summed E-state index contributed by atoms with van der Waals surface area (Å²) < 4.78 is 27.9. The first kappa shape index (κ1) is 17.3. The van der Waals surface area contributed by atoms with Gasteiger partial charge in [0.05, 0.1) is 16.5 Å². The van der Waals surface area contributed by atoms with Gasteiger partial charge in [-0.15, -0.1) is 0 Å². The fraction of sp³-hybridized carbons (Fsp3) is 0.500. The molecular formula is C16H21N3O3S2. The highest BCUT2D eigenvalue weighted by molar-refractivity contribution is 7.88. The zero-order valence-electron chi connectivity index (χ0n) is 14.2. The number of carbonyl (C=O) groups is 1. The van der Waals surface area contributed by atoms with Gasteiger partial charge in [0, 0.05) is 13.6 Å². The molecule has 2 aromatic rings. The van der Waals surface area contributed by atoms with Crippen molar-refractivity contribution in [3.8, 4) is 0 Å². The lowest BCUT2D eigenvalue weighted by Crippen LogP contribution is -2.39. The maximum atomic E-state index is 12.6. The Balaban J connectivity index is 2.06. The largest absolute Gasteiger partial charge is 0.319 e. The van der Waals surface area contributed by atoms with Crippen molar-refractivity contribution in [3.05, 3.63) is 28.1 Å². The van der Waals surface area contributed by atoms with Gasteiger partial charge in [-0.3, -0.25) is 4.79 Å². The van der Waals surface area contributed by atoms with E-state index in [2.05, 4.69) is 17.1 Å². The third kappa shape index (κ3) is 3.05. The van der Waals surface area contributed by atoms with Crippen LogP contribution in [0.2, 0.25) is 0 Å². The third-order valence-electron chi connectivity index (χ3n) is 4.35. The molecule has 1 aliphatic rings. The lowest BCUT2D eigenvalue weighted by Gasteiger charge is -2.18. The summed E-state index contributed by atoms with van der Waals surface area (Å²) in [5.74, 6) is -0.380. The van der Waals surface area contributed by atoms with E-state index in [4.69, 9.17) is 0 Å². The molecule has 1 atom stereocenters. The van der Waals surface area contributed by atoms with Gasteiger partial charge >= 0.3 is 0 Å². The molecule has 24 heavy (non-hydrogen) atoms. The molecule has 0 saturated carbocycles. The highest BCUT2D eigenvalue weighted by Gasteiger charge is 2.36. The van der Waals surface area contributed by atoms with E-state index in [1.54, 1.807) is 0 Å². The first-order valence-electron chi connectivity index (χ1n) is 7.80. The lowest BCUT2D eigenvalue weighted by atomic mass is 10.1. The smallest absolute Gasteiger partial charge is 0.266 e. The SMILES string of the molecule is Cc1cc(C)c2c(c1)sc(=NC(=O)C1CCCN1S(C)(=O)=O)n2C. The number of carbonyl (C=O) groups excluding carboxylic acids is 1. The van der Waals surface area contributed by atoms with E-state index >= 15 is 0 Å². The van der Waals surface area contributed by atoms with Crippen molar-refractivity contribution in [2.75, 3.05) is 12.8 Å². The Morgan fingerprint density at radius 3 is 2.71 bits per heavy atom. The average molecular weight is 367 g/mol. The standard InChI is InChI=1S/C16H21N3O3S2/c1-10-8-11(2)14-13(9-10)23-16(18(14)3)17-15(20)12-6-5-7-19(12)24(4,21)22/h8-9,12H,5-7H2,1-4H3. The minimum absolute atomic E-state index is 0.380. The van der Waals surface area contributed by atoms with E-state index in [1.807, 2.05) is 25.5 Å². The molecule has 0 bridgehead atoms. The Kier molecular flexibility index (Phi) is 4.39. The zero-order chi connectivity index (χ0) is 17.6. The van der Waals surface area contributed by atoms with Crippen molar-refractivity contribution in [2.24, 2.45) is 12.0 Å². The molecule has 1 amide bonds. The van der Waals surface area contributed by atoms with Gasteiger partial charge in [-0.2, -0.15) is 9.30 Å². The summed E-state index contributed by atoms with van der Waals surface area (Å²) in [7, 11) is -1.50. The predicted molar refractivity (Wildman–Crippen MR) is 95.4 cm³/mol. The molecule has 3 rings (SSSR count). The second-order valence-corrected chi connectivity index (χ2v) is 9.30. The summed E-state index contributed by atoms with van der Waals surface area (Å²) in [6.45, 7) is 4.47. The molecule has 0 aliphatic carbocycles. The van der Waals surface area contributed by atoms with Crippen LogP contribution < -0.4 is 4.80 Å². The van der Waals surface area contributed by atoms with Crippen molar-refractivity contribution < 1.29 is 13.2 Å². The molecule has 1 aromatic carbocycles. The molecule has 2 heterocycles. The molecule has 0 spiro atoms. The minimum atomic E-state index is -3.39. The maximum Gasteiger partial charge on any atom is 0.266 e. The molecule has 0 N–H and O–H groups in total. The summed E-state index contributed by atoms with van der Waals surface area (Å²) in [6.07, 6.45) is 2.36. The fourth-order valence-corrected chi connectivity index (χ4v) is 5.66. The van der Waals surface area contributed by atoms with Crippen LogP contribution in [0.4, 0.5) is 0 Å². The monoisotopic (exact) mass is 367 g/mol. The Bertz CT molecular complexity index is 986. The molecule has 1 aliphatic heterocycles. The van der Waals surface area contributed by atoms with Gasteiger partial charge in [-0.25, -0.2) is 8.42 Å². The van der Waals surface area contributed by atoms with Crippen molar-refractivity contribution in [1.29, 1.82) is 0 Å². The minimum Gasteiger partial charge on any atom is -0.319 e. The summed E-state index contributed by atoms with van der Waals surface area (Å²) in [4.78, 5) is 17.4. The Hall–Kier alpha value is -1.51. The topological polar surface area (TPSA) is 71.7 Å². The average Bonchev–Trinajstić information content (AvgIpc) is 3.04. The van der Waals surface area contributed by atoms with Crippen LogP contribution >= 0.6 is 11.3 Å². The normalized spacial score (nSPS) is 20.2. The van der Waals surface area contributed by atoms with E-state index in [0.717, 1.165) is 22.0 Å². The molecular weight excluding hydrogens is 346 g/mol. The molecule has 6 nitrogen and oxygen atoms in total. The van der Waals surface area contributed by atoms with Crippen LogP contribution in [0.25, 0.3) is 10.2 Å². The maximum absolute atomic E-state index is 12.6. The van der Waals surface area contributed by atoms with Gasteiger partial charge in [0.1, 0.15) is 6.04 Å². The summed E-state index contributed by atoms with van der Waals surface area (Å²) in [6, 6.07) is 3.51. The highest BCUT2D eigenvalue weighted by Crippen LogP contribution is 2.23. The summed E-state index contributed by atoms with van der Waals surface area (Å²) >= 11 is 1.46. The number of rotatable bonds is 2. The molecule has 1 saturated heterocycles. The van der Waals surface area contributed by atoms with Gasteiger partial charge in [0.2, 0.25) is 10.0 Å². The molecule has 1 unspecified atom stereocenters. The number of aromatic nitrogens is 1. The number of thiazole rings is 1. The second kappa shape index (κ2) is 6.09. The van der Waals surface area contributed by atoms with Crippen LogP contribution in [-0.4, -0.2) is 42.0 Å². The van der Waals surface area contributed by atoms with Crippen LogP contribution in [0.1, 0.15) is 24.0 Å². The number of nitrogens with zero attached hydrogens (tertiary/aromatic N) is 3. The zero-order valence-corrected chi connectivity index (χ0v) is 15.9. The first-order chi connectivity index (χ1) is 11.2. The highest BCUT2D eigenvalue weighted by atomic mass is 32.2. The Labute approximate surface area is 145 Å². The van der Waals surface area contributed by atoms with Crippen LogP contribution in [0.15, 0.2) is 17.1 Å². The number of fused-ring (bicyclic) bond motifs is 1. The Morgan fingerprint density at radius 1 is 1.33 bits per heavy atom. The van der Waals surface area contributed by atoms with Crippen molar-refractivity contribution in [1.82, 2.24) is 8.87 Å². The van der Waals surface area contributed by atoms with Gasteiger partial charge in [-0.1, -0.05) is 17.4 Å². The molecule has 0 radical (unpaired) electrons. The number of hydrogen-bond acceptors (Lipinski definition) is 4. The van der Waals surface area contributed by atoms with Gasteiger partial charge < -0.3 is 4.57 Å². The van der Waals surface area contributed by atoms with E-state index in [0.29, 0.717) is 24.2 Å². The predicted octanol–water partition coefficient (Wildman–Crippen LogP) is 1.71. The van der Waals surface area contributed by atoms with Crippen LogP contribution in [0.5, 0.6) is 0 Å². The third-order valence-corrected chi connectivity index (χ3v) is 6.72. The quantitative estimate of drug-likeness (QED) is 0.811. The second-order valence-electron chi connectivity index (χ2n) is 6.35. The Morgan fingerprint density at radius 2 is 2.04 bits per heavy atom. The number of hydrogen-bond donors (Lipinski definition) is 0. The molecule has 8 heteroatoms. The summed E-state index contributed by atoms with van der Waals surface area (Å²) in [5.41, 5.74) is 3.36.